The van der Waals surface area contributed by atoms with Gasteiger partial charge in [0.05, 0.1) is 6.54 Å². The summed E-state index contributed by atoms with van der Waals surface area (Å²) < 4.78 is 0. The molecule has 150 valence electrons. The van der Waals surface area contributed by atoms with E-state index in [4.69, 9.17) is 0 Å². The Kier molecular flexibility index (Phi) is 9.38. The van der Waals surface area contributed by atoms with Crippen LogP contribution in [-0.4, -0.2) is 49.5 Å². The molecule has 6 heteroatoms. The van der Waals surface area contributed by atoms with Crippen LogP contribution in [0.4, 0.5) is 0 Å². The van der Waals surface area contributed by atoms with E-state index in [2.05, 4.69) is 50.9 Å². The molecule has 1 heterocycles. The molecule has 1 atom stereocenters. The number of carbonyl (C=O) groups excluding carboxylic acids is 1. The lowest BCUT2D eigenvalue weighted by molar-refractivity contribution is -0.120. The van der Waals surface area contributed by atoms with Gasteiger partial charge in [-0.25, -0.2) is 0 Å². The molecule has 2 fully saturated rings. The molecule has 5 nitrogen and oxygen atoms in total. The summed E-state index contributed by atoms with van der Waals surface area (Å²) in [6.45, 7) is 2.31. The van der Waals surface area contributed by atoms with Gasteiger partial charge in [-0.2, -0.15) is 0 Å². The fraction of sp³-hybridized carbons (Fsp3) is 0.619. The minimum atomic E-state index is 0. The van der Waals surface area contributed by atoms with Gasteiger partial charge in [-0.15, -0.1) is 24.0 Å². The largest absolute Gasteiger partial charge is 0.352 e. The first-order valence-electron chi connectivity index (χ1n) is 10.0. The molecule has 2 aliphatic rings. The van der Waals surface area contributed by atoms with Gasteiger partial charge < -0.3 is 15.5 Å². The van der Waals surface area contributed by atoms with Crippen molar-refractivity contribution in [2.24, 2.45) is 10.9 Å². The molecule has 2 N–H and O–H groups in total. The van der Waals surface area contributed by atoms with Crippen LogP contribution in [0.15, 0.2) is 35.3 Å². The van der Waals surface area contributed by atoms with Gasteiger partial charge in [0.2, 0.25) is 5.91 Å². The third kappa shape index (κ3) is 6.97. The van der Waals surface area contributed by atoms with Crippen LogP contribution in [0.3, 0.4) is 0 Å². The highest BCUT2D eigenvalue weighted by Crippen LogP contribution is 2.21. The molecule has 0 bridgehead atoms. The molecule has 0 spiro atoms. The molecule has 1 aromatic rings. The van der Waals surface area contributed by atoms with E-state index in [1.54, 1.807) is 7.05 Å². The molecule has 1 aromatic carbocycles. The van der Waals surface area contributed by atoms with E-state index in [1.807, 2.05) is 0 Å². The van der Waals surface area contributed by atoms with Crippen LogP contribution in [0, 0.1) is 5.92 Å². The smallest absolute Gasteiger partial charge is 0.239 e. The number of likely N-dealkylation sites (tertiary alicyclic amines) is 1. The van der Waals surface area contributed by atoms with Crippen molar-refractivity contribution in [3.8, 4) is 0 Å². The molecular formula is C21H33IN4O. The number of nitrogens with one attached hydrogen (secondary N) is 2. The summed E-state index contributed by atoms with van der Waals surface area (Å²) in [6, 6.07) is 11.0. The monoisotopic (exact) mass is 484 g/mol. The number of hydrogen-bond donors (Lipinski definition) is 2. The summed E-state index contributed by atoms with van der Waals surface area (Å²) in [5.41, 5.74) is 1.40. The first kappa shape index (κ1) is 22.0. The zero-order chi connectivity index (χ0) is 18.2. The van der Waals surface area contributed by atoms with Gasteiger partial charge in [-0.05, 0) is 37.2 Å². The first-order chi connectivity index (χ1) is 12.7. The van der Waals surface area contributed by atoms with Crippen molar-refractivity contribution in [1.82, 2.24) is 15.5 Å². The number of rotatable bonds is 5. The van der Waals surface area contributed by atoms with Crippen LogP contribution < -0.4 is 10.6 Å². The predicted molar refractivity (Wildman–Crippen MR) is 122 cm³/mol. The average molecular weight is 484 g/mol. The van der Waals surface area contributed by atoms with Crippen molar-refractivity contribution in [2.75, 3.05) is 26.7 Å². The topological polar surface area (TPSA) is 56.7 Å². The van der Waals surface area contributed by atoms with Gasteiger partial charge in [0.15, 0.2) is 5.96 Å². The fourth-order valence-electron chi connectivity index (χ4n) is 4.16. The molecular weight excluding hydrogens is 451 g/mol. The van der Waals surface area contributed by atoms with E-state index < -0.39 is 0 Å². The summed E-state index contributed by atoms with van der Waals surface area (Å²) in [4.78, 5) is 18.9. The number of hydrogen-bond acceptors (Lipinski definition) is 2. The molecule has 1 aliphatic heterocycles. The van der Waals surface area contributed by atoms with E-state index in [1.165, 1.54) is 31.2 Å². The van der Waals surface area contributed by atoms with Crippen molar-refractivity contribution < 1.29 is 4.79 Å². The molecule has 0 aromatic heterocycles. The Morgan fingerprint density at radius 1 is 1.15 bits per heavy atom. The summed E-state index contributed by atoms with van der Waals surface area (Å²) in [7, 11) is 1.80. The Morgan fingerprint density at radius 3 is 2.59 bits per heavy atom. The Balaban J connectivity index is 0.00000261. The zero-order valence-electron chi connectivity index (χ0n) is 16.3. The molecule has 1 amide bonds. The van der Waals surface area contributed by atoms with Gasteiger partial charge >= 0.3 is 0 Å². The highest BCUT2D eigenvalue weighted by Gasteiger charge is 2.25. The standard InChI is InChI=1S/C21H32N4O.HI/c1-22-21(23-15-20(26)24-19-10-6-3-7-11-19)25-13-12-18(16-25)14-17-8-4-2-5-9-17;/h2,4-5,8-9,18-19H,3,6-7,10-16H2,1H3,(H,22,23)(H,24,26);1H. The second kappa shape index (κ2) is 11.5. The average Bonchev–Trinajstić information content (AvgIpc) is 3.12. The third-order valence-corrected chi connectivity index (χ3v) is 5.54. The van der Waals surface area contributed by atoms with E-state index in [9.17, 15) is 4.79 Å². The quantitative estimate of drug-likeness (QED) is 0.384. The fourth-order valence-corrected chi connectivity index (χ4v) is 4.16. The van der Waals surface area contributed by atoms with Gasteiger partial charge in [0.1, 0.15) is 0 Å². The van der Waals surface area contributed by atoms with Gasteiger partial charge in [-0.3, -0.25) is 9.79 Å². The zero-order valence-corrected chi connectivity index (χ0v) is 18.7. The van der Waals surface area contributed by atoms with E-state index in [-0.39, 0.29) is 29.9 Å². The second-order valence-electron chi connectivity index (χ2n) is 7.59. The van der Waals surface area contributed by atoms with Gasteiger partial charge in [0.25, 0.3) is 0 Å². The van der Waals surface area contributed by atoms with Crippen molar-refractivity contribution in [3.63, 3.8) is 0 Å². The predicted octanol–water partition coefficient (Wildman–Crippen LogP) is 3.19. The number of nitrogens with zero attached hydrogens (tertiary/aromatic N) is 2. The minimum Gasteiger partial charge on any atom is -0.352 e. The van der Waals surface area contributed by atoms with Crippen LogP contribution in [0.5, 0.6) is 0 Å². The highest BCUT2D eigenvalue weighted by atomic mass is 127. The summed E-state index contributed by atoms with van der Waals surface area (Å²) in [6.07, 6.45) is 8.28. The highest BCUT2D eigenvalue weighted by molar-refractivity contribution is 14.0. The Morgan fingerprint density at radius 2 is 1.89 bits per heavy atom. The molecule has 3 rings (SSSR count). The summed E-state index contributed by atoms with van der Waals surface area (Å²) in [5, 5.41) is 6.40. The number of halogens is 1. The molecule has 27 heavy (non-hydrogen) atoms. The second-order valence-corrected chi connectivity index (χ2v) is 7.59. The Bertz CT molecular complexity index is 601. The molecule has 1 unspecified atom stereocenters. The number of aliphatic imine (C=N–C) groups is 1. The van der Waals surface area contributed by atoms with Crippen molar-refractivity contribution in [1.29, 1.82) is 0 Å². The van der Waals surface area contributed by atoms with Crippen LogP contribution in [-0.2, 0) is 11.2 Å². The van der Waals surface area contributed by atoms with Crippen molar-refractivity contribution in [3.05, 3.63) is 35.9 Å². The van der Waals surface area contributed by atoms with Gasteiger partial charge in [-0.1, -0.05) is 49.6 Å². The lowest BCUT2D eigenvalue weighted by atomic mass is 9.95. The van der Waals surface area contributed by atoms with Crippen LogP contribution in [0.1, 0.15) is 44.1 Å². The lowest BCUT2D eigenvalue weighted by Gasteiger charge is -2.24. The summed E-state index contributed by atoms with van der Waals surface area (Å²) in [5.74, 6) is 1.57. The summed E-state index contributed by atoms with van der Waals surface area (Å²) >= 11 is 0. The Labute approximate surface area is 180 Å². The van der Waals surface area contributed by atoms with Gasteiger partial charge in [0, 0.05) is 26.2 Å². The lowest BCUT2D eigenvalue weighted by Crippen LogP contribution is -2.47. The van der Waals surface area contributed by atoms with E-state index in [0.717, 1.165) is 38.3 Å². The molecule has 1 saturated carbocycles. The number of carbonyl (C=O) groups is 1. The number of benzene rings is 1. The number of guanidine groups is 1. The van der Waals surface area contributed by atoms with Crippen molar-refractivity contribution in [2.45, 2.75) is 51.0 Å². The minimum absolute atomic E-state index is 0. The maximum atomic E-state index is 12.2. The van der Waals surface area contributed by atoms with Crippen molar-refractivity contribution >= 4 is 35.8 Å². The maximum absolute atomic E-state index is 12.2. The maximum Gasteiger partial charge on any atom is 0.239 e. The molecule has 1 saturated heterocycles. The van der Waals surface area contributed by atoms with Crippen LogP contribution >= 0.6 is 24.0 Å². The third-order valence-electron chi connectivity index (χ3n) is 5.54. The number of amides is 1. The van der Waals surface area contributed by atoms with Crippen LogP contribution in [0.25, 0.3) is 0 Å². The van der Waals surface area contributed by atoms with E-state index >= 15 is 0 Å². The van der Waals surface area contributed by atoms with Crippen LogP contribution in [0.2, 0.25) is 0 Å². The normalized spacial score (nSPS) is 20.9. The molecule has 0 radical (unpaired) electrons. The molecule has 1 aliphatic carbocycles. The SMILES string of the molecule is CN=C(NCC(=O)NC1CCCCC1)N1CCC(Cc2ccccc2)C1.I. The first-order valence-corrected chi connectivity index (χ1v) is 10.0. The Hall–Kier alpha value is -1.31. The van der Waals surface area contributed by atoms with E-state index in [0.29, 0.717) is 18.5 Å².